The number of carbonyl (C=O) groups excluding carboxylic acids is 5. The first-order valence-corrected chi connectivity index (χ1v) is 26.5. The van der Waals surface area contributed by atoms with Crippen LogP contribution in [0.5, 0.6) is 17.2 Å². The molecule has 7 aromatic rings. The molecule has 80 heavy (non-hydrogen) atoms. The average Bonchev–Trinajstić information content (AvgIpc) is 3.64. The zero-order valence-corrected chi connectivity index (χ0v) is 44.8. The number of methoxy groups -OCH3 is 3. The van der Waals surface area contributed by atoms with Gasteiger partial charge in [0.2, 0.25) is 11.8 Å². The van der Waals surface area contributed by atoms with Gasteiger partial charge >= 0.3 is 18.0 Å². The third kappa shape index (κ3) is 9.11. The van der Waals surface area contributed by atoms with Crippen molar-refractivity contribution in [1.29, 1.82) is 0 Å². The number of nitrogens with one attached hydrogen (secondary N) is 1. The monoisotopic (exact) mass is 1080 g/mol. The van der Waals surface area contributed by atoms with E-state index in [0.717, 1.165) is 21.5 Å². The van der Waals surface area contributed by atoms with E-state index >= 15 is 19.2 Å². The molecule has 1 aromatic heterocycles. The molecule has 0 saturated carbocycles. The number of aliphatic hydroxyl groups excluding tert-OH is 1. The fraction of sp³-hybridized carbons (Fsp3) is 0.306. The molecule has 0 bridgehead atoms. The topological polar surface area (TPSA) is 204 Å². The number of benzene rings is 6. The number of morpholine rings is 1. The van der Waals surface area contributed by atoms with Crippen LogP contribution in [0.3, 0.4) is 0 Å². The summed E-state index contributed by atoms with van der Waals surface area (Å²) in [5, 5.41) is 21.4. The lowest BCUT2D eigenvalue weighted by Crippen LogP contribution is -2.58. The SMILES string of the molecule is COC(=O)C(NC(=O)N1C(=O)C2(c3cc(C#CCn4nnc5ccccc54)ccc31)C(C(=O)N1CCc3cc(OC)c(OC)cc3C1)C1C(=O)OC(c3ccccc3)C(c3ccccc3)N1C2c1cccc(OCCO)c1)C(C)C. The average molecular weight is 1080 g/mol. The molecule has 0 aliphatic carbocycles. The van der Waals surface area contributed by atoms with E-state index in [1.54, 1.807) is 66.9 Å². The number of carbonyl (C=O) groups is 5. The Kier molecular flexibility index (Phi) is 14.6. The molecule has 18 heteroatoms. The van der Waals surface area contributed by atoms with Crippen molar-refractivity contribution < 1.29 is 52.8 Å². The molecule has 2 N–H and O–H groups in total. The van der Waals surface area contributed by atoms with Crippen molar-refractivity contribution in [3.63, 3.8) is 0 Å². The van der Waals surface area contributed by atoms with Gasteiger partial charge in [-0.15, -0.1) is 5.10 Å². The molecule has 7 atom stereocenters. The van der Waals surface area contributed by atoms with Gasteiger partial charge in [0.05, 0.1) is 57.1 Å². The molecule has 2 saturated heterocycles. The lowest BCUT2D eigenvalue weighted by molar-refractivity contribution is -0.179. The molecular formula is C62H59N7O11. The normalized spacial score (nSPS) is 21.5. The van der Waals surface area contributed by atoms with Crippen molar-refractivity contribution in [2.24, 2.45) is 11.8 Å². The quantitative estimate of drug-likeness (QED) is 0.0880. The zero-order valence-electron chi connectivity index (χ0n) is 44.8. The van der Waals surface area contributed by atoms with Crippen LogP contribution >= 0.6 is 0 Å². The van der Waals surface area contributed by atoms with E-state index in [4.69, 9.17) is 23.7 Å². The molecule has 0 radical (unpaired) electrons. The summed E-state index contributed by atoms with van der Waals surface area (Å²) in [4.78, 5) is 83.2. The molecule has 1 spiro atoms. The van der Waals surface area contributed by atoms with Crippen molar-refractivity contribution >= 4 is 46.5 Å². The number of nitrogens with zero attached hydrogens (tertiary/aromatic N) is 6. The number of para-hydroxylation sites is 1. The number of aliphatic hydroxyl groups is 1. The van der Waals surface area contributed by atoms with Crippen LogP contribution in [-0.2, 0) is 53.6 Å². The first kappa shape index (κ1) is 53.0. The molecule has 5 heterocycles. The molecule has 4 aliphatic heterocycles. The summed E-state index contributed by atoms with van der Waals surface area (Å²) >= 11 is 0. The highest BCUT2D eigenvalue weighted by Crippen LogP contribution is 2.66. The van der Waals surface area contributed by atoms with Crippen LogP contribution in [-0.4, -0.2) is 113 Å². The molecule has 4 amide bonds. The van der Waals surface area contributed by atoms with E-state index in [2.05, 4.69) is 27.5 Å². The number of hydrogen-bond donors (Lipinski definition) is 2. The van der Waals surface area contributed by atoms with Gasteiger partial charge in [-0.25, -0.2) is 19.2 Å². The first-order chi connectivity index (χ1) is 38.9. The highest BCUT2D eigenvalue weighted by molar-refractivity contribution is 6.25. The molecular weight excluding hydrogens is 1020 g/mol. The van der Waals surface area contributed by atoms with Gasteiger partial charge in [-0.3, -0.25) is 19.3 Å². The van der Waals surface area contributed by atoms with E-state index in [9.17, 15) is 9.90 Å². The predicted octanol–water partition coefficient (Wildman–Crippen LogP) is 7.03. The van der Waals surface area contributed by atoms with Crippen molar-refractivity contribution in [2.45, 2.75) is 69.0 Å². The number of aromatic nitrogens is 3. The third-order valence-electron chi connectivity index (χ3n) is 15.8. The fourth-order valence-corrected chi connectivity index (χ4v) is 12.2. The largest absolute Gasteiger partial charge is 0.493 e. The maximum Gasteiger partial charge on any atom is 0.329 e. The van der Waals surface area contributed by atoms with Gasteiger partial charge in [0, 0.05) is 18.7 Å². The number of hydrogen-bond acceptors (Lipinski definition) is 14. The summed E-state index contributed by atoms with van der Waals surface area (Å²) < 4.78 is 31.0. The van der Waals surface area contributed by atoms with Crippen LogP contribution in [0.1, 0.15) is 71.0 Å². The third-order valence-corrected chi connectivity index (χ3v) is 15.8. The minimum atomic E-state index is -2.17. The van der Waals surface area contributed by atoms with Crippen LogP contribution in [0.4, 0.5) is 10.5 Å². The summed E-state index contributed by atoms with van der Waals surface area (Å²) in [6.07, 6.45) is -0.596. The Morgan fingerprint density at radius 2 is 1.51 bits per heavy atom. The van der Waals surface area contributed by atoms with Gasteiger partial charge in [-0.2, -0.15) is 0 Å². The van der Waals surface area contributed by atoms with Crippen molar-refractivity contribution in [3.05, 3.63) is 178 Å². The summed E-state index contributed by atoms with van der Waals surface area (Å²) in [5.74, 6) is 2.85. The minimum absolute atomic E-state index is 0.0613. The zero-order chi connectivity index (χ0) is 55.8. The van der Waals surface area contributed by atoms with Gasteiger partial charge in [-0.05, 0) is 100 Å². The van der Waals surface area contributed by atoms with Crippen LogP contribution in [0, 0.1) is 23.7 Å². The second-order valence-electron chi connectivity index (χ2n) is 20.5. The van der Waals surface area contributed by atoms with Crippen LogP contribution in [0.25, 0.3) is 11.0 Å². The summed E-state index contributed by atoms with van der Waals surface area (Å²) in [7, 11) is 4.31. The van der Waals surface area contributed by atoms with Crippen LogP contribution < -0.4 is 24.4 Å². The van der Waals surface area contributed by atoms with Crippen LogP contribution in [0.2, 0.25) is 0 Å². The Morgan fingerprint density at radius 1 is 0.812 bits per heavy atom. The van der Waals surface area contributed by atoms with Gasteiger partial charge in [0.15, 0.2) is 11.5 Å². The molecule has 2 fully saturated rings. The highest BCUT2D eigenvalue weighted by Gasteiger charge is 2.76. The summed E-state index contributed by atoms with van der Waals surface area (Å²) in [6.45, 7) is 3.51. The number of amides is 4. The Hall–Kier alpha value is -9.05. The number of esters is 2. The van der Waals surface area contributed by atoms with Crippen molar-refractivity contribution in [2.75, 3.05) is 46.0 Å². The smallest absolute Gasteiger partial charge is 0.329 e. The molecule has 7 unspecified atom stereocenters. The highest BCUT2D eigenvalue weighted by atomic mass is 16.6. The Morgan fingerprint density at radius 3 is 2.23 bits per heavy atom. The van der Waals surface area contributed by atoms with E-state index in [1.807, 2.05) is 108 Å². The molecule has 4 aliphatic rings. The van der Waals surface area contributed by atoms with E-state index in [-0.39, 0.29) is 44.1 Å². The predicted molar refractivity (Wildman–Crippen MR) is 293 cm³/mol. The Balaban J connectivity index is 1.19. The maximum absolute atomic E-state index is 17.1. The number of rotatable bonds is 13. The summed E-state index contributed by atoms with van der Waals surface area (Å²) in [5.41, 5.74) is 3.58. The first-order valence-electron chi connectivity index (χ1n) is 26.5. The van der Waals surface area contributed by atoms with E-state index in [0.29, 0.717) is 51.4 Å². The Bertz CT molecular complexity index is 3600. The maximum atomic E-state index is 17.1. The summed E-state index contributed by atoms with van der Waals surface area (Å²) in [6, 6.07) is 36.3. The number of ether oxygens (including phenoxy) is 5. The number of fused-ring (bicyclic) bond motifs is 5. The molecule has 11 rings (SSSR count). The number of urea groups is 1. The molecule has 6 aromatic carbocycles. The standard InChI is InChI=1S/C62H59N7O11/c1-37(2)52(58(72)78-5)63-61(75)68-47-26-25-38(16-15-28-67-48-24-13-12-23-46(48)64-65-67)32-45(47)62(60(68)74)51(57(71)66-29-27-41-34-49(76-3)50(77-4)35-43(41)36-66)54-59(73)80-55(40-19-10-7-11-20-40)53(39-17-8-6-9-18-39)69(54)56(62)42-21-14-22-44(33-42)79-31-30-70/h6-14,17-26,32-35,37,51-56,70H,27-31,36H2,1-5H3,(H,63,75). The minimum Gasteiger partial charge on any atom is -0.493 e. The van der Waals surface area contributed by atoms with Gasteiger partial charge < -0.3 is 39.0 Å². The second kappa shape index (κ2) is 22.0. The van der Waals surface area contributed by atoms with Crippen LogP contribution in [0.15, 0.2) is 140 Å². The lowest BCUT2D eigenvalue weighted by Gasteiger charge is -2.46. The second-order valence-corrected chi connectivity index (χ2v) is 20.5. The Labute approximate surface area is 462 Å². The van der Waals surface area contributed by atoms with Gasteiger partial charge in [0.1, 0.15) is 48.0 Å². The van der Waals surface area contributed by atoms with Gasteiger partial charge in [-0.1, -0.05) is 116 Å². The van der Waals surface area contributed by atoms with Crippen molar-refractivity contribution in [1.82, 2.24) is 30.1 Å². The lowest BCUT2D eigenvalue weighted by atomic mass is 9.64. The van der Waals surface area contributed by atoms with E-state index in [1.165, 1.54) is 14.2 Å². The van der Waals surface area contributed by atoms with Crippen molar-refractivity contribution in [3.8, 4) is 29.1 Å². The van der Waals surface area contributed by atoms with Gasteiger partial charge in [0.25, 0.3) is 0 Å². The fourth-order valence-electron chi connectivity index (χ4n) is 12.2. The number of imide groups is 1. The molecule has 18 nitrogen and oxygen atoms in total. The number of anilines is 1. The van der Waals surface area contributed by atoms with E-state index < -0.39 is 77.3 Å². The number of cyclic esters (lactones) is 1. The molecule has 408 valence electrons.